The van der Waals surface area contributed by atoms with Crippen LogP contribution < -0.4 is 10.6 Å². The van der Waals surface area contributed by atoms with Crippen LogP contribution in [0.1, 0.15) is 18.6 Å². The summed E-state index contributed by atoms with van der Waals surface area (Å²) in [6.45, 7) is 2.60. The number of anilines is 1. The van der Waals surface area contributed by atoms with E-state index in [2.05, 4.69) is 15.8 Å². The molecule has 0 saturated carbocycles. The molecule has 1 aliphatic heterocycles. The molecular weight excluding hydrogens is 248 g/mol. The van der Waals surface area contributed by atoms with Crippen molar-refractivity contribution in [3.05, 3.63) is 11.8 Å². The summed E-state index contributed by atoms with van der Waals surface area (Å²) in [4.78, 5) is 25.2. The zero-order valence-electron chi connectivity index (χ0n) is 11.1. The van der Waals surface area contributed by atoms with Gasteiger partial charge in [-0.25, -0.2) is 0 Å². The number of nitrogens with zero attached hydrogens (tertiary/aromatic N) is 2. The number of hydrogen-bond acceptors (Lipinski definition) is 5. The second kappa shape index (κ2) is 5.83. The Kier molecular flexibility index (Phi) is 4.16. The average Bonchev–Trinajstić information content (AvgIpc) is 2.99. The molecule has 2 N–H and O–H groups in total. The van der Waals surface area contributed by atoms with Gasteiger partial charge in [-0.05, 0) is 26.3 Å². The summed E-state index contributed by atoms with van der Waals surface area (Å²) in [5.41, 5.74) is 0. The summed E-state index contributed by atoms with van der Waals surface area (Å²) >= 11 is 0. The van der Waals surface area contributed by atoms with Crippen molar-refractivity contribution < 1.29 is 14.1 Å². The number of amides is 2. The number of carbonyl (C=O) groups is 2. The second-order valence-electron chi connectivity index (χ2n) is 4.71. The highest BCUT2D eigenvalue weighted by molar-refractivity contribution is 5.94. The number of aromatic nitrogens is 1. The molecule has 2 amide bonds. The van der Waals surface area contributed by atoms with E-state index in [1.165, 1.54) is 4.90 Å². The van der Waals surface area contributed by atoms with E-state index in [1.807, 2.05) is 0 Å². The fraction of sp³-hybridized carbons (Fsp3) is 0.583. The van der Waals surface area contributed by atoms with Crippen LogP contribution in [0.4, 0.5) is 5.82 Å². The number of carbonyl (C=O) groups excluding carboxylic acids is 2. The van der Waals surface area contributed by atoms with Crippen LogP contribution in [-0.2, 0) is 9.59 Å². The van der Waals surface area contributed by atoms with Gasteiger partial charge in [0.05, 0.1) is 12.6 Å². The lowest BCUT2D eigenvalue weighted by Gasteiger charge is -2.20. The van der Waals surface area contributed by atoms with E-state index in [9.17, 15) is 9.59 Å². The van der Waals surface area contributed by atoms with Crippen molar-refractivity contribution in [2.24, 2.45) is 0 Å². The normalized spacial score (nSPS) is 18.3. The van der Waals surface area contributed by atoms with E-state index in [1.54, 1.807) is 20.0 Å². The maximum absolute atomic E-state index is 12.0. The van der Waals surface area contributed by atoms with Gasteiger partial charge < -0.3 is 20.1 Å². The van der Waals surface area contributed by atoms with Crippen LogP contribution in [0.15, 0.2) is 10.6 Å². The molecule has 1 aliphatic rings. The molecule has 1 fully saturated rings. The Bertz CT molecular complexity index is 465. The van der Waals surface area contributed by atoms with Crippen molar-refractivity contribution in [1.29, 1.82) is 0 Å². The van der Waals surface area contributed by atoms with E-state index in [0.717, 1.165) is 19.4 Å². The Hall–Kier alpha value is -1.89. The number of nitrogens with one attached hydrogen (secondary N) is 2. The molecule has 1 atom stereocenters. The van der Waals surface area contributed by atoms with Crippen molar-refractivity contribution in [3.63, 3.8) is 0 Å². The maximum atomic E-state index is 12.0. The predicted octanol–water partition coefficient (Wildman–Crippen LogP) is 0.132. The first kappa shape index (κ1) is 13.5. The summed E-state index contributed by atoms with van der Waals surface area (Å²) in [7, 11) is 1.62. The van der Waals surface area contributed by atoms with Gasteiger partial charge in [0.25, 0.3) is 0 Å². The summed E-state index contributed by atoms with van der Waals surface area (Å²) < 4.78 is 4.84. The summed E-state index contributed by atoms with van der Waals surface area (Å²) in [5, 5.41) is 9.36. The highest BCUT2D eigenvalue weighted by Gasteiger charge is 2.25. The Balaban J connectivity index is 1.82. The van der Waals surface area contributed by atoms with E-state index < -0.39 is 0 Å². The van der Waals surface area contributed by atoms with Crippen LogP contribution in [0.3, 0.4) is 0 Å². The van der Waals surface area contributed by atoms with Crippen molar-refractivity contribution >= 4 is 17.6 Å². The average molecular weight is 266 g/mol. The standard InChI is InChI=1S/C12H18N4O3/c1-8-6-10(15-19-8)14-11(17)7-16(2)12(18)9-4-3-5-13-9/h6,9,13H,3-5,7H2,1-2H3,(H,14,15,17)/t9-/m0/s1. The molecule has 1 saturated heterocycles. The molecule has 1 aromatic heterocycles. The highest BCUT2D eigenvalue weighted by Crippen LogP contribution is 2.09. The van der Waals surface area contributed by atoms with E-state index in [-0.39, 0.29) is 24.4 Å². The summed E-state index contributed by atoms with van der Waals surface area (Å²) in [5.74, 6) is 0.642. The van der Waals surface area contributed by atoms with Crippen molar-refractivity contribution in [1.82, 2.24) is 15.4 Å². The molecule has 1 aromatic rings. The lowest BCUT2D eigenvalue weighted by atomic mass is 10.2. The fourth-order valence-electron chi connectivity index (χ4n) is 2.06. The minimum Gasteiger partial charge on any atom is -0.360 e. The third kappa shape index (κ3) is 3.54. The Labute approximate surface area is 111 Å². The quantitative estimate of drug-likeness (QED) is 0.809. The molecule has 7 nitrogen and oxygen atoms in total. The van der Waals surface area contributed by atoms with Gasteiger partial charge >= 0.3 is 0 Å². The Morgan fingerprint density at radius 3 is 3.00 bits per heavy atom. The zero-order valence-corrected chi connectivity index (χ0v) is 11.1. The number of likely N-dealkylation sites (N-methyl/N-ethyl adjacent to an activating group) is 1. The van der Waals surface area contributed by atoms with Gasteiger partial charge in [0.2, 0.25) is 11.8 Å². The summed E-state index contributed by atoms with van der Waals surface area (Å²) in [6, 6.07) is 1.46. The molecule has 0 bridgehead atoms. The Morgan fingerprint density at radius 2 is 2.42 bits per heavy atom. The second-order valence-corrected chi connectivity index (χ2v) is 4.71. The molecule has 0 aromatic carbocycles. The van der Waals surface area contributed by atoms with E-state index in [4.69, 9.17) is 4.52 Å². The number of hydrogen-bond donors (Lipinski definition) is 2. The molecule has 19 heavy (non-hydrogen) atoms. The molecule has 0 spiro atoms. The van der Waals surface area contributed by atoms with E-state index >= 15 is 0 Å². The first-order valence-corrected chi connectivity index (χ1v) is 6.28. The van der Waals surface area contributed by atoms with Crippen molar-refractivity contribution in [3.8, 4) is 0 Å². The monoisotopic (exact) mass is 266 g/mol. The molecule has 0 radical (unpaired) electrons. The predicted molar refractivity (Wildman–Crippen MR) is 68.5 cm³/mol. The zero-order chi connectivity index (χ0) is 13.8. The van der Waals surface area contributed by atoms with Crippen LogP contribution in [0.5, 0.6) is 0 Å². The number of aryl methyl sites for hydroxylation is 1. The maximum Gasteiger partial charge on any atom is 0.245 e. The van der Waals surface area contributed by atoms with Gasteiger partial charge in [0.15, 0.2) is 5.82 Å². The van der Waals surface area contributed by atoms with Crippen molar-refractivity contribution in [2.45, 2.75) is 25.8 Å². The van der Waals surface area contributed by atoms with Gasteiger partial charge in [-0.15, -0.1) is 0 Å². The largest absolute Gasteiger partial charge is 0.360 e. The van der Waals surface area contributed by atoms with Gasteiger partial charge in [-0.1, -0.05) is 5.16 Å². The van der Waals surface area contributed by atoms with Gasteiger partial charge in [0.1, 0.15) is 5.76 Å². The topological polar surface area (TPSA) is 87.5 Å². The van der Waals surface area contributed by atoms with E-state index in [0.29, 0.717) is 11.6 Å². The third-order valence-corrected chi connectivity index (χ3v) is 3.01. The molecular formula is C12H18N4O3. The van der Waals surface area contributed by atoms with Crippen LogP contribution in [0.2, 0.25) is 0 Å². The van der Waals surface area contributed by atoms with Gasteiger partial charge in [-0.2, -0.15) is 0 Å². The molecule has 2 heterocycles. The summed E-state index contributed by atoms with van der Waals surface area (Å²) in [6.07, 6.45) is 1.82. The molecule has 2 rings (SSSR count). The molecule has 0 aliphatic carbocycles. The third-order valence-electron chi connectivity index (χ3n) is 3.01. The lowest BCUT2D eigenvalue weighted by Crippen LogP contribution is -2.44. The lowest BCUT2D eigenvalue weighted by molar-refractivity contribution is -0.134. The van der Waals surface area contributed by atoms with Crippen LogP contribution >= 0.6 is 0 Å². The first-order valence-electron chi connectivity index (χ1n) is 6.28. The van der Waals surface area contributed by atoms with Gasteiger partial charge in [-0.3, -0.25) is 9.59 Å². The molecule has 0 unspecified atom stereocenters. The first-order chi connectivity index (χ1) is 9.06. The van der Waals surface area contributed by atoms with Crippen LogP contribution in [-0.4, -0.2) is 48.0 Å². The highest BCUT2D eigenvalue weighted by atomic mass is 16.5. The minimum absolute atomic E-state index is 0.00290. The molecule has 104 valence electrons. The van der Waals surface area contributed by atoms with Crippen molar-refractivity contribution in [2.75, 3.05) is 25.5 Å². The molecule has 7 heteroatoms. The SMILES string of the molecule is Cc1cc(NC(=O)CN(C)C(=O)[C@@H]2CCCN2)no1. The van der Waals surface area contributed by atoms with Crippen LogP contribution in [0.25, 0.3) is 0 Å². The van der Waals surface area contributed by atoms with Crippen LogP contribution in [0, 0.1) is 6.92 Å². The smallest absolute Gasteiger partial charge is 0.245 e. The minimum atomic E-state index is -0.290. The Morgan fingerprint density at radius 1 is 1.63 bits per heavy atom. The number of rotatable bonds is 4. The fourth-order valence-corrected chi connectivity index (χ4v) is 2.06. The van der Waals surface area contributed by atoms with Gasteiger partial charge in [0, 0.05) is 13.1 Å².